The standard InChI is InChI=1S/C52H33N3O/c1-4-15-34(16-5-1)36-19-12-21-39(31-36)50-49-43-25-10-11-28-47(43)56-52(49)54-51(53-50)40-22-13-20-38(32-40)42-26-14-27-46-48(42)44-33-37(35-17-6-2-7-18-35)29-30-45(44)55(46)41-23-8-3-9-24-41/h1-33H. The lowest BCUT2D eigenvalue weighted by Gasteiger charge is -2.11. The van der Waals surface area contributed by atoms with Crippen molar-refractivity contribution in [3.8, 4) is 61.7 Å². The number of hydrogen-bond donors (Lipinski definition) is 0. The van der Waals surface area contributed by atoms with E-state index >= 15 is 0 Å². The first-order valence-corrected chi connectivity index (χ1v) is 18.9. The third-order valence-corrected chi connectivity index (χ3v) is 10.8. The first kappa shape index (κ1) is 31.9. The van der Waals surface area contributed by atoms with Gasteiger partial charge in [0.2, 0.25) is 5.71 Å². The van der Waals surface area contributed by atoms with Crippen LogP contribution in [0, 0.1) is 0 Å². The molecule has 262 valence electrons. The Balaban J connectivity index is 1.12. The maximum atomic E-state index is 6.45. The second-order valence-electron chi connectivity index (χ2n) is 14.2. The summed E-state index contributed by atoms with van der Waals surface area (Å²) in [5.74, 6) is 0.615. The monoisotopic (exact) mass is 715 g/mol. The Bertz CT molecular complexity index is 3240. The van der Waals surface area contributed by atoms with Crippen molar-refractivity contribution in [2.75, 3.05) is 0 Å². The summed E-state index contributed by atoms with van der Waals surface area (Å²) in [6.45, 7) is 0. The molecule has 0 saturated carbocycles. The van der Waals surface area contributed by atoms with Crippen molar-refractivity contribution >= 4 is 43.9 Å². The largest absolute Gasteiger partial charge is 0.438 e. The van der Waals surface area contributed by atoms with Crippen LogP contribution >= 0.6 is 0 Å². The molecule has 4 nitrogen and oxygen atoms in total. The predicted octanol–water partition coefficient (Wildman–Crippen LogP) is 13.8. The van der Waals surface area contributed by atoms with Crippen LogP contribution in [0.1, 0.15) is 0 Å². The molecule has 0 aliphatic carbocycles. The van der Waals surface area contributed by atoms with Crippen LogP contribution in [0.4, 0.5) is 0 Å². The number of nitrogens with zero attached hydrogens (tertiary/aromatic N) is 3. The van der Waals surface area contributed by atoms with Crippen molar-refractivity contribution in [2.45, 2.75) is 0 Å². The van der Waals surface area contributed by atoms with Crippen molar-refractivity contribution in [3.05, 3.63) is 200 Å². The average molecular weight is 716 g/mol. The quantitative estimate of drug-likeness (QED) is 0.172. The molecule has 0 aliphatic heterocycles. The molecule has 0 bridgehead atoms. The molecule has 3 aromatic heterocycles. The summed E-state index contributed by atoms with van der Waals surface area (Å²) in [5.41, 5.74) is 14.5. The van der Waals surface area contributed by atoms with Gasteiger partial charge in [0.05, 0.1) is 22.1 Å². The molecule has 4 heteroatoms. The van der Waals surface area contributed by atoms with Crippen molar-refractivity contribution in [1.29, 1.82) is 0 Å². The molecule has 0 unspecified atom stereocenters. The Morgan fingerprint density at radius 1 is 0.375 bits per heavy atom. The highest BCUT2D eigenvalue weighted by Gasteiger charge is 2.21. The van der Waals surface area contributed by atoms with Crippen LogP contribution in [0.2, 0.25) is 0 Å². The molecule has 3 heterocycles. The highest BCUT2D eigenvalue weighted by Crippen LogP contribution is 2.42. The van der Waals surface area contributed by atoms with Gasteiger partial charge in [0.15, 0.2) is 5.82 Å². The van der Waals surface area contributed by atoms with Crippen LogP contribution in [0.25, 0.3) is 106 Å². The third-order valence-electron chi connectivity index (χ3n) is 10.8. The van der Waals surface area contributed by atoms with Crippen LogP contribution in [0.3, 0.4) is 0 Å². The molecule has 56 heavy (non-hydrogen) atoms. The van der Waals surface area contributed by atoms with Crippen LogP contribution in [0.5, 0.6) is 0 Å². The highest BCUT2D eigenvalue weighted by atomic mass is 16.3. The number of benzene rings is 8. The molecule has 0 aliphatic rings. The molecule has 0 atom stereocenters. The van der Waals surface area contributed by atoms with Crippen molar-refractivity contribution < 1.29 is 4.42 Å². The summed E-state index contributed by atoms with van der Waals surface area (Å²) >= 11 is 0. The van der Waals surface area contributed by atoms with Crippen LogP contribution in [-0.4, -0.2) is 14.5 Å². The topological polar surface area (TPSA) is 43.9 Å². The van der Waals surface area contributed by atoms with E-state index in [1.807, 2.05) is 24.3 Å². The number of aromatic nitrogens is 3. The van der Waals surface area contributed by atoms with E-state index in [0.29, 0.717) is 11.5 Å². The predicted molar refractivity (Wildman–Crippen MR) is 231 cm³/mol. The maximum absolute atomic E-state index is 6.45. The number of furan rings is 1. The Hall–Kier alpha value is -7.56. The molecule has 0 N–H and O–H groups in total. The van der Waals surface area contributed by atoms with Crippen LogP contribution < -0.4 is 0 Å². The van der Waals surface area contributed by atoms with E-state index in [0.717, 1.165) is 72.2 Å². The zero-order chi connectivity index (χ0) is 37.0. The zero-order valence-corrected chi connectivity index (χ0v) is 30.3. The second-order valence-corrected chi connectivity index (χ2v) is 14.2. The second kappa shape index (κ2) is 13.1. The fourth-order valence-electron chi connectivity index (χ4n) is 8.24. The number of para-hydroxylation sites is 2. The third kappa shape index (κ3) is 5.31. The van der Waals surface area contributed by atoms with Crippen LogP contribution in [-0.2, 0) is 0 Å². The van der Waals surface area contributed by atoms with Gasteiger partial charge in [-0.05, 0) is 81.9 Å². The minimum Gasteiger partial charge on any atom is -0.438 e. The fraction of sp³-hybridized carbons (Fsp3) is 0. The minimum absolute atomic E-state index is 0.572. The smallest absolute Gasteiger partial charge is 0.231 e. The lowest BCUT2D eigenvalue weighted by Crippen LogP contribution is -1.95. The van der Waals surface area contributed by atoms with E-state index in [4.69, 9.17) is 14.4 Å². The van der Waals surface area contributed by atoms with Gasteiger partial charge in [-0.3, -0.25) is 0 Å². The highest BCUT2D eigenvalue weighted by molar-refractivity contribution is 6.17. The van der Waals surface area contributed by atoms with Gasteiger partial charge in [-0.15, -0.1) is 0 Å². The van der Waals surface area contributed by atoms with Crippen LogP contribution in [0.15, 0.2) is 205 Å². The summed E-state index contributed by atoms with van der Waals surface area (Å²) in [6.07, 6.45) is 0. The Morgan fingerprint density at radius 2 is 0.982 bits per heavy atom. The molecule has 0 fully saturated rings. The molecule has 0 radical (unpaired) electrons. The normalized spacial score (nSPS) is 11.6. The van der Waals surface area contributed by atoms with Gasteiger partial charge in [0, 0.05) is 33.0 Å². The van der Waals surface area contributed by atoms with E-state index in [1.165, 1.54) is 21.9 Å². The molecule has 0 spiro atoms. The number of fused-ring (bicyclic) bond motifs is 6. The van der Waals surface area contributed by atoms with Gasteiger partial charge in [0.25, 0.3) is 0 Å². The maximum Gasteiger partial charge on any atom is 0.231 e. The lowest BCUT2D eigenvalue weighted by molar-refractivity contribution is 0.653. The van der Waals surface area contributed by atoms with Crippen molar-refractivity contribution in [2.24, 2.45) is 0 Å². The average Bonchev–Trinajstić information content (AvgIpc) is 3.83. The van der Waals surface area contributed by atoms with Gasteiger partial charge in [-0.25, -0.2) is 4.98 Å². The molecular formula is C52H33N3O. The van der Waals surface area contributed by atoms with E-state index in [1.54, 1.807) is 0 Å². The molecular weight excluding hydrogens is 683 g/mol. The molecule has 11 rings (SSSR count). The summed E-state index contributed by atoms with van der Waals surface area (Å²) in [7, 11) is 0. The number of rotatable bonds is 6. The molecule has 8 aromatic carbocycles. The van der Waals surface area contributed by atoms with Gasteiger partial charge in [0.1, 0.15) is 5.58 Å². The molecule has 11 aromatic rings. The van der Waals surface area contributed by atoms with Gasteiger partial charge >= 0.3 is 0 Å². The van der Waals surface area contributed by atoms with Gasteiger partial charge in [-0.1, -0.05) is 152 Å². The molecule has 0 saturated heterocycles. The Morgan fingerprint density at radius 3 is 1.77 bits per heavy atom. The fourth-order valence-corrected chi connectivity index (χ4v) is 8.24. The summed E-state index contributed by atoms with van der Waals surface area (Å²) < 4.78 is 8.83. The number of hydrogen-bond acceptors (Lipinski definition) is 3. The van der Waals surface area contributed by atoms with E-state index in [-0.39, 0.29) is 0 Å². The lowest BCUT2D eigenvalue weighted by atomic mass is 9.96. The first-order valence-electron chi connectivity index (χ1n) is 18.9. The van der Waals surface area contributed by atoms with Crippen molar-refractivity contribution in [3.63, 3.8) is 0 Å². The zero-order valence-electron chi connectivity index (χ0n) is 30.3. The van der Waals surface area contributed by atoms with Gasteiger partial charge < -0.3 is 8.98 Å². The van der Waals surface area contributed by atoms with E-state index in [2.05, 4.69) is 180 Å². The van der Waals surface area contributed by atoms with E-state index in [9.17, 15) is 0 Å². The summed E-state index contributed by atoms with van der Waals surface area (Å²) in [4.78, 5) is 10.5. The summed E-state index contributed by atoms with van der Waals surface area (Å²) in [6, 6.07) is 70.5. The van der Waals surface area contributed by atoms with E-state index < -0.39 is 0 Å². The van der Waals surface area contributed by atoms with Gasteiger partial charge in [-0.2, -0.15) is 4.98 Å². The Labute approximate surface area is 323 Å². The first-order chi connectivity index (χ1) is 27.8. The molecule has 0 amide bonds. The van der Waals surface area contributed by atoms with Crippen molar-refractivity contribution in [1.82, 2.24) is 14.5 Å². The Kier molecular flexibility index (Phi) is 7.46. The SMILES string of the molecule is c1ccc(-c2cccc(-c3nc(-c4cccc(-c5cccc6c5c5cc(-c7ccccc7)ccc5n6-c5ccccc5)c4)nc4oc5ccccc5c34)c2)cc1. The minimum atomic E-state index is 0.572. The summed E-state index contributed by atoms with van der Waals surface area (Å²) in [5, 5.41) is 4.32.